The SMILES string of the molecule is CCCN(c1nc(-c2ccc(Cl)cc2Cl)c(C)s1)C(c1ccc(COC(=O)c2cccc(CCl)c2)cc1)C1CC1. The number of carbonyl (C=O) groups excluding carboxylic acids is 1. The predicted molar refractivity (Wildman–Crippen MR) is 167 cm³/mol. The molecule has 0 bridgehead atoms. The van der Waals surface area contributed by atoms with E-state index in [1.807, 2.05) is 24.3 Å². The quantitative estimate of drug-likeness (QED) is 0.125. The third-order valence-electron chi connectivity index (χ3n) is 7.09. The van der Waals surface area contributed by atoms with Crippen LogP contribution in [0.15, 0.2) is 66.7 Å². The number of esters is 1. The molecule has 1 fully saturated rings. The maximum atomic E-state index is 12.6. The van der Waals surface area contributed by atoms with Gasteiger partial charge in [0.25, 0.3) is 0 Å². The lowest BCUT2D eigenvalue weighted by Gasteiger charge is -2.32. The maximum Gasteiger partial charge on any atom is 0.338 e. The number of thiazole rings is 1. The van der Waals surface area contributed by atoms with Crippen LogP contribution in [0.2, 0.25) is 10.0 Å². The molecule has 208 valence electrons. The van der Waals surface area contributed by atoms with Crippen LogP contribution in [0.4, 0.5) is 5.13 Å². The molecule has 5 rings (SSSR count). The van der Waals surface area contributed by atoms with Gasteiger partial charge >= 0.3 is 5.97 Å². The lowest BCUT2D eigenvalue weighted by Crippen LogP contribution is -2.31. The fraction of sp³-hybridized carbons (Fsp3) is 0.312. The highest BCUT2D eigenvalue weighted by Crippen LogP contribution is 2.48. The minimum Gasteiger partial charge on any atom is -0.457 e. The molecule has 4 aromatic rings. The number of hydrogen-bond donors (Lipinski definition) is 0. The number of aryl methyl sites for hydroxylation is 1. The molecule has 1 unspecified atom stereocenters. The van der Waals surface area contributed by atoms with Gasteiger partial charge in [-0.3, -0.25) is 0 Å². The third-order valence-corrected chi connectivity index (χ3v) is 8.96. The average Bonchev–Trinajstić information content (AvgIpc) is 3.73. The predicted octanol–water partition coefficient (Wildman–Crippen LogP) is 9.89. The van der Waals surface area contributed by atoms with Gasteiger partial charge in [0.15, 0.2) is 5.13 Å². The second-order valence-electron chi connectivity index (χ2n) is 10.2. The first-order valence-corrected chi connectivity index (χ1v) is 15.6. The van der Waals surface area contributed by atoms with Gasteiger partial charge in [0.2, 0.25) is 0 Å². The second-order valence-corrected chi connectivity index (χ2v) is 12.4. The summed E-state index contributed by atoms with van der Waals surface area (Å²) in [6, 6.07) is 21.5. The Balaban J connectivity index is 1.35. The molecule has 8 heteroatoms. The van der Waals surface area contributed by atoms with E-state index in [4.69, 9.17) is 44.5 Å². The molecule has 1 aromatic heterocycles. The first kappa shape index (κ1) is 28.9. The number of ether oxygens (including phenoxy) is 1. The van der Waals surface area contributed by atoms with Crippen molar-refractivity contribution in [3.05, 3.63) is 104 Å². The second kappa shape index (κ2) is 12.9. The van der Waals surface area contributed by atoms with Crippen molar-refractivity contribution in [3.63, 3.8) is 0 Å². The molecule has 1 aliphatic rings. The molecule has 0 aliphatic heterocycles. The summed E-state index contributed by atoms with van der Waals surface area (Å²) in [5.41, 5.74) is 5.41. The van der Waals surface area contributed by atoms with E-state index in [1.165, 1.54) is 18.4 Å². The highest BCUT2D eigenvalue weighted by Gasteiger charge is 2.37. The van der Waals surface area contributed by atoms with Crippen LogP contribution in [0.25, 0.3) is 11.3 Å². The average molecular weight is 614 g/mol. The summed E-state index contributed by atoms with van der Waals surface area (Å²) in [5.74, 6) is 0.587. The number of hydrogen-bond acceptors (Lipinski definition) is 5. The van der Waals surface area contributed by atoms with E-state index in [9.17, 15) is 4.79 Å². The largest absolute Gasteiger partial charge is 0.457 e. The first-order chi connectivity index (χ1) is 19.4. The zero-order valence-corrected chi connectivity index (χ0v) is 25.6. The van der Waals surface area contributed by atoms with Crippen molar-refractivity contribution >= 4 is 57.2 Å². The number of rotatable bonds is 11. The molecule has 1 saturated carbocycles. The molecule has 0 spiro atoms. The number of halogens is 3. The van der Waals surface area contributed by atoms with Gasteiger partial charge in [0.05, 0.1) is 22.3 Å². The fourth-order valence-corrected chi connectivity index (χ4v) is 6.62. The molecule has 1 heterocycles. The molecular formula is C32H31Cl3N2O2S. The lowest BCUT2D eigenvalue weighted by molar-refractivity contribution is 0.0472. The van der Waals surface area contributed by atoms with Crippen LogP contribution in [-0.4, -0.2) is 17.5 Å². The van der Waals surface area contributed by atoms with E-state index in [0.29, 0.717) is 27.4 Å². The van der Waals surface area contributed by atoms with E-state index >= 15 is 0 Å². The number of alkyl halides is 1. The van der Waals surface area contributed by atoms with Crippen LogP contribution >= 0.6 is 46.1 Å². The van der Waals surface area contributed by atoms with Crippen molar-refractivity contribution in [2.75, 3.05) is 11.4 Å². The normalized spacial score (nSPS) is 13.7. The third kappa shape index (κ3) is 6.66. The van der Waals surface area contributed by atoms with Gasteiger partial charge in [-0.2, -0.15) is 0 Å². The smallest absolute Gasteiger partial charge is 0.338 e. The van der Waals surface area contributed by atoms with Crippen molar-refractivity contribution in [3.8, 4) is 11.3 Å². The van der Waals surface area contributed by atoms with Crippen molar-refractivity contribution in [1.82, 2.24) is 4.98 Å². The van der Waals surface area contributed by atoms with Gasteiger partial charge < -0.3 is 9.64 Å². The summed E-state index contributed by atoms with van der Waals surface area (Å²) in [5, 5.41) is 2.23. The maximum absolute atomic E-state index is 12.6. The molecule has 0 saturated heterocycles. The van der Waals surface area contributed by atoms with Crippen molar-refractivity contribution in [1.29, 1.82) is 0 Å². The van der Waals surface area contributed by atoms with Gasteiger partial charge in [0.1, 0.15) is 6.61 Å². The van der Waals surface area contributed by atoms with Crippen molar-refractivity contribution < 1.29 is 9.53 Å². The van der Waals surface area contributed by atoms with Gasteiger partial charge in [-0.25, -0.2) is 9.78 Å². The van der Waals surface area contributed by atoms with Crippen LogP contribution in [0.3, 0.4) is 0 Å². The number of aromatic nitrogens is 1. The summed E-state index contributed by atoms with van der Waals surface area (Å²) < 4.78 is 5.58. The Labute approximate surface area is 254 Å². The minimum absolute atomic E-state index is 0.216. The molecule has 0 amide bonds. The van der Waals surface area contributed by atoms with E-state index < -0.39 is 0 Å². The highest BCUT2D eigenvalue weighted by atomic mass is 35.5. The van der Waals surface area contributed by atoms with E-state index in [-0.39, 0.29) is 18.6 Å². The summed E-state index contributed by atoms with van der Waals surface area (Å²) in [7, 11) is 0. The molecule has 0 N–H and O–H groups in total. The lowest BCUT2D eigenvalue weighted by atomic mass is 9.99. The van der Waals surface area contributed by atoms with Crippen LogP contribution in [0.1, 0.15) is 64.2 Å². The molecule has 3 aromatic carbocycles. The van der Waals surface area contributed by atoms with Crippen LogP contribution < -0.4 is 4.90 Å². The van der Waals surface area contributed by atoms with E-state index in [0.717, 1.165) is 45.4 Å². The van der Waals surface area contributed by atoms with E-state index in [1.54, 1.807) is 29.5 Å². The monoisotopic (exact) mass is 612 g/mol. The Morgan fingerprint density at radius 2 is 1.85 bits per heavy atom. The Morgan fingerprint density at radius 1 is 1.07 bits per heavy atom. The molecule has 40 heavy (non-hydrogen) atoms. The van der Waals surface area contributed by atoms with Crippen LogP contribution in [-0.2, 0) is 17.2 Å². The molecule has 1 atom stereocenters. The summed E-state index contributed by atoms with van der Waals surface area (Å²) in [6.45, 7) is 5.42. The Hall–Kier alpha value is -2.57. The molecule has 0 radical (unpaired) electrons. The minimum atomic E-state index is -0.350. The number of anilines is 1. The number of nitrogens with zero attached hydrogens (tertiary/aromatic N) is 2. The van der Waals surface area contributed by atoms with E-state index in [2.05, 4.69) is 43.0 Å². The Bertz CT molecular complexity index is 1480. The molecule has 4 nitrogen and oxygen atoms in total. The van der Waals surface area contributed by atoms with Gasteiger partial charge in [-0.05, 0) is 79.1 Å². The standard InChI is InChI=1S/C32H31Cl3N2O2S/c1-3-15-37(32-36-29(20(2)40-32)27-14-13-26(34)17-28(27)35)30(24-11-12-24)23-9-7-21(8-10-23)19-39-31(38)25-6-4-5-22(16-25)18-33/h4-10,13-14,16-17,24,30H,3,11-12,15,18-19H2,1-2H3. The topological polar surface area (TPSA) is 42.4 Å². The Morgan fingerprint density at radius 3 is 2.52 bits per heavy atom. The fourth-order valence-electron chi connectivity index (χ4n) is 4.97. The molecular weight excluding hydrogens is 583 g/mol. The number of carbonyl (C=O) groups is 1. The highest BCUT2D eigenvalue weighted by molar-refractivity contribution is 7.16. The first-order valence-electron chi connectivity index (χ1n) is 13.5. The zero-order chi connectivity index (χ0) is 28.2. The molecule has 1 aliphatic carbocycles. The van der Waals surface area contributed by atoms with Gasteiger partial charge in [-0.1, -0.05) is 66.5 Å². The van der Waals surface area contributed by atoms with Gasteiger partial charge in [0, 0.05) is 27.9 Å². The van der Waals surface area contributed by atoms with Crippen molar-refractivity contribution in [2.45, 2.75) is 51.6 Å². The summed E-state index contributed by atoms with van der Waals surface area (Å²) >= 11 is 20.3. The van der Waals surface area contributed by atoms with Crippen LogP contribution in [0.5, 0.6) is 0 Å². The van der Waals surface area contributed by atoms with Crippen LogP contribution in [0, 0.1) is 12.8 Å². The van der Waals surface area contributed by atoms with Crippen molar-refractivity contribution in [2.24, 2.45) is 5.92 Å². The Kier molecular flexibility index (Phi) is 9.37. The summed E-state index contributed by atoms with van der Waals surface area (Å²) in [4.78, 5) is 21.2. The van der Waals surface area contributed by atoms with Gasteiger partial charge in [-0.15, -0.1) is 22.9 Å². The number of benzene rings is 3. The zero-order valence-electron chi connectivity index (χ0n) is 22.5. The summed E-state index contributed by atoms with van der Waals surface area (Å²) in [6.07, 6.45) is 3.41.